The lowest BCUT2D eigenvalue weighted by molar-refractivity contribution is 0.575. The van der Waals surface area contributed by atoms with E-state index in [-0.39, 0.29) is 9.49 Å². The molecule has 11 heavy (non-hydrogen) atoms. The average Bonchev–Trinajstić information content (AvgIpc) is 1.56. The fraction of sp³-hybridized carbons (Fsp3) is 1.00. The Hall–Kier alpha value is 0.660. The lowest BCUT2D eigenvalue weighted by Gasteiger charge is -2.27. The molecule has 0 unspecified atom stereocenters. The van der Waals surface area contributed by atoms with Crippen molar-refractivity contribution in [2.75, 3.05) is 0 Å². The van der Waals surface area contributed by atoms with Crippen LogP contribution in [0.1, 0.15) is 41.5 Å². The molecule has 0 amide bonds. The summed E-state index contributed by atoms with van der Waals surface area (Å²) in [5.41, 5.74) is 0. The first kappa shape index (κ1) is 11.7. The van der Waals surface area contributed by atoms with Crippen LogP contribution in [0, 0.1) is 0 Å². The van der Waals surface area contributed by atoms with Gasteiger partial charge in [-0.2, -0.15) is 0 Å². The lowest BCUT2D eigenvalue weighted by Crippen LogP contribution is -2.28. The summed E-state index contributed by atoms with van der Waals surface area (Å²) in [6.07, 6.45) is 0. The molecular weight excluding hydrogens is 176 g/mol. The molecule has 0 heterocycles. The van der Waals surface area contributed by atoms with Gasteiger partial charge in [0.25, 0.3) is 0 Å². The third kappa shape index (κ3) is 5.88. The molecule has 0 aliphatic heterocycles. The monoisotopic (exact) mass is 194 g/mol. The van der Waals surface area contributed by atoms with E-state index in [0.717, 1.165) is 0 Å². The van der Waals surface area contributed by atoms with Gasteiger partial charge < -0.3 is 4.55 Å². The van der Waals surface area contributed by atoms with Crippen molar-refractivity contribution in [3.05, 3.63) is 0 Å². The highest BCUT2D eigenvalue weighted by Crippen LogP contribution is 2.36. The Bertz CT molecular complexity index is 121. The molecule has 0 aromatic heterocycles. The second kappa shape index (κ2) is 3.58. The first-order chi connectivity index (χ1) is 4.63. The van der Waals surface area contributed by atoms with Crippen LogP contribution < -0.4 is 0 Å². The predicted octanol–water partition coefficient (Wildman–Crippen LogP) is 2.98. The van der Waals surface area contributed by atoms with E-state index in [2.05, 4.69) is 20.8 Å². The predicted molar refractivity (Wildman–Crippen MR) is 55.2 cm³/mol. The van der Waals surface area contributed by atoms with Crippen molar-refractivity contribution < 1.29 is 4.55 Å². The van der Waals surface area contributed by atoms with Crippen LogP contribution >= 0.6 is 10.8 Å². The molecule has 0 N–H and O–H groups in total. The van der Waals surface area contributed by atoms with Gasteiger partial charge in [0.2, 0.25) is 0 Å². The van der Waals surface area contributed by atoms with Gasteiger partial charge in [-0.3, -0.25) is 0 Å². The maximum absolute atomic E-state index is 11.6. The Balaban J connectivity index is 3.99. The number of hydrogen-bond donors (Lipinski definition) is 0. The zero-order valence-electron chi connectivity index (χ0n) is 8.22. The Morgan fingerprint density at radius 3 is 1.45 bits per heavy atom. The molecule has 0 fully saturated rings. The van der Waals surface area contributed by atoms with Gasteiger partial charge in [-0.05, 0) is 41.5 Å². The Labute approximate surface area is 76.9 Å². The summed E-state index contributed by atoms with van der Waals surface area (Å²) in [5.74, 6) is 0. The van der Waals surface area contributed by atoms with E-state index in [4.69, 9.17) is 0 Å². The van der Waals surface area contributed by atoms with Gasteiger partial charge in [0.1, 0.15) is 4.75 Å². The molecule has 0 saturated heterocycles. The molecule has 0 spiro atoms. The lowest BCUT2D eigenvalue weighted by atomic mass is 10.3. The van der Waals surface area contributed by atoms with E-state index in [1.165, 1.54) is 10.8 Å². The Morgan fingerprint density at radius 1 is 1.00 bits per heavy atom. The zero-order chi connectivity index (χ0) is 9.28. The Kier molecular flexibility index (Phi) is 3.80. The topological polar surface area (TPSA) is 23.1 Å². The molecule has 3 heteroatoms. The molecule has 0 aliphatic rings. The quantitative estimate of drug-likeness (QED) is 0.473. The van der Waals surface area contributed by atoms with Gasteiger partial charge in [-0.15, -0.1) is 0 Å². The second-order valence-electron chi connectivity index (χ2n) is 4.54. The molecule has 0 aromatic carbocycles. The second-order valence-corrected chi connectivity index (χ2v) is 9.04. The van der Waals surface area contributed by atoms with Crippen LogP contribution in [0.3, 0.4) is 0 Å². The molecule has 1 nitrogen and oxygen atoms in total. The van der Waals surface area contributed by atoms with Crippen molar-refractivity contribution in [2.45, 2.75) is 51.0 Å². The summed E-state index contributed by atoms with van der Waals surface area (Å²) in [6.45, 7) is 12.3. The largest absolute Gasteiger partial charge is 0.605 e. The van der Waals surface area contributed by atoms with Crippen LogP contribution in [0.2, 0.25) is 0 Å². The minimum absolute atomic E-state index is 0.0954. The Morgan fingerprint density at radius 2 is 1.36 bits per heavy atom. The van der Waals surface area contributed by atoms with Crippen molar-refractivity contribution in [1.82, 2.24) is 0 Å². The summed E-state index contributed by atoms with van der Waals surface area (Å²) in [5, 5.41) is 0. The van der Waals surface area contributed by atoms with Crippen LogP contribution in [0.5, 0.6) is 0 Å². The van der Waals surface area contributed by atoms with E-state index in [9.17, 15) is 4.55 Å². The minimum Gasteiger partial charge on any atom is -0.605 e. The van der Waals surface area contributed by atoms with Gasteiger partial charge in [-0.1, -0.05) is 0 Å². The summed E-state index contributed by atoms with van der Waals surface area (Å²) in [4.78, 5) is 0. The van der Waals surface area contributed by atoms with E-state index in [1.807, 2.05) is 20.8 Å². The van der Waals surface area contributed by atoms with Crippen molar-refractivity contribution >= 4 is 21.0 Å². The molecule has 0 rings (SSSR count). The van der Waals surface area contributed by atoms with E-state index in [0.29, 0.717) is 0 Å². The first-order valence-corrected chi connectivity index (χ1v) is 6.22. The van der Waals surface area contributed by atoms with Gasteiger partial charge in [0.05, 0.1) is 15.5 Å². The van der Waals surface area contributed by atoms with Crippen molar-refractivity contribution in [2.24, 2.45) is 0 Å². The number of rotatable bonds is 1. The summed E-state index contributed by atoms with van der Waals surface area (Å²) in [7, 11) is 0.746. The third-order valence-electron chi connectivity index (χ3n) is 0.826. The van der Waals surface area contributed by atoms with Crippen LogP contribution in [0.15, 0.2) is 0 Å². The standard InChI is InChI=1S/C8H18OS2/c1-7(2,3)10-11(9)8(4,5)6/h1-6H3/t11-/m0/s1. The van der Waals surface area contributed by atoms with Crippen molar-refractivity contribution in [3.63, 3.8) is 0 Å². The maximum atomic E-state index is 11.6. The van der Waals surface area contributed by atoms with Crippen LogP contribution in [0.25, 0.3) is 0 Å². The van der Waals surface area contributed by atoms with E-state index < -0.39 is 10.2 Å². The van der Waals surface area contributed by atoms with Crippen LogP contribution in [-0.2, 0) is 10.2 Å². The smallest absolute Gasteiger partial charge is 0.129 e. The first-order valence-electron chi connectivity index (χ1n) is 3.74. The third-order valence-corrected chi connectivity index (χ3v) is 5.93. The molecule has 68 valence electrons. The SMILES string of the molecule is CC(C)(C)S[S@+]([O-])C(C)(C)C. The van der Waals surface area contributed by atoms with Gasteiger partial charge in [0.15, 0.2) is 0 Å². The van der Waals surface area contributed by atoms with Gasteiger partial charge in [0, 0.05) is 10.2 Å². The summed E-state index contributed by atoms with van der Waals surface area (Å²) >= 11 is 0. The fourth-order valence-electron chi connectivity index (χ4n) is 0.352. The normalized spacial score (nSPS) is 16.6. The average molecular weight is 194 g/mol. The maximum Gasteiger partial charge on any atom is 0.129 e. The molecular formula is C8H18OS2. The minimum atomic E-state index is -0.790. The molecule has 0 bridgehead atoms. The molecule has 0 radical (unpaired) electrons. The fourth-order valence-corrected chi connectivity index (χ4v) is 3.17. The molecule has 0 aliphatic carbocycles. The van der Waals surface area contributed by atoms with Gasteiger partial charge in [-0.25, -0.2) is 0 Å². The highest BCUT2D eigenvalue weighted by Gasteiger charge is 2.32. The molecule has 0 aromatic rings. The molecule has 0 saturated carbocycles. The van der Waals surface area contributed by atoms with Crippen molar-refractivity contribution in [3.8, 4) is 0 Å². The molecule has 1 atom stereocenters. The highest BCUT2D eigenvalue weighted by atomic mass is 33.1. The van der Waals surface area contributed by atoms with E-state index in [1.54, 1.807) is 0 Å². The van der Waals surface area contributed by atoms with Gasteiger partial charge >= 0.3 is 0 Å². The van der Waals surface area contributed by atoms with Crippen LogP contribution in [0.4, 0.5) is 0 Å². The highest BCUT2D eigenvalue weighted by molar-refractivity contribution is 8.72. The number of hydrogen-bond acceptors (Lipinski definition) is 2. The van der Waals surface area contributed by atoms with Crippen LogP contribution in [-0.4, -0.2) is 14.0 Å². The zero-order valence-corrected chi connectivity index (χ0v) is 9.86. The van der Waals surface area contributed by atoms with E-state index >= 15 is 0 Å². The summed E-state index contributed by atoms with van der Waals surface area (Å²) in [6, 6.07) is 0. The summed E-state index contributed by atoms with van der Waals surface area (Å²) < 4.78 is 11.6. The van der Waals surface area contributed by atoms with Crippen molar-refractivity contribution in [1.29, 1.82) is 0 Å².